The quantitative estimate of drug-likeness (QED) is 0.177. The van der Waals surface area contributed by atoms with Crippen LogP contribution in [0.15, 0.2) is 188 Å². The zero-order valence-electron chi connectivity index (χ0n) is 29.3. The molecule has 0 saturated carbocycles. The van der Waals surface area contributed by atoms with Crippen molar-refractivity contribution in [2.45, 2.75) is 19.3 Å². The Morgan fingerprint density at radius 2 is 0.962 bits per heavy atom. The van der Waals surface area contributed by atoms with Gasteiger partial charge in [-0.15, -0.1) is 0 Å². The fourth-order valence-electron chi connectivity index (χ4n) is 8.87. The summed E-state index contributed by atoms with van der Waals surface area (Å²) in [6.07, 6.45) is 0. The van der Waals surface area contributed by atoms with Crippen molar-refractivity contribution in [1.82, 2.24) is 0 Å². The molecular weight excluding hydrogens is 627 g/mol. The van der Waals surface area contributed by atoms with Crippen molar-refractivity contribution in [1.29, 1.82) is 0 Å². The van der Waals surface area contributed by atoms with E-state index < -0.39 is 0 Å². The highest BCUT2D eigenvalue weighted by Gasteiger charge is 2.40. The average Bonchev–Trinajstić information content (AvgIpc) is 3.44. The SMILES string of the molecule is CC1(C)c2ccc3ccccc3c2-c2cccc(N(c3cccc(-c4cccc5cccc(-c6ccccc6)c45)c3)c3cccc4ccccc34)c21. The predicted molar refractivity (Wildman–Crippen MR) is 222 cm³/mol. The number of anilines is 3. The Kier molecular flexibility index (Phi) is 6.91. The molecule has 1 aliphatic carbocycles. The predicted octanol–water partition coefficient (Wildman–Crippen LogP) is 14.3. The minimum absolute atomic E-state index is 0.216. The van der Waals surface area contributed by atoms with Crippen molar-refractivity contribution in [3.05, 3.63) is 199 Å². The van der Waals surface area contributed by atoms with E-state index >= 15 is 0 Å². The molecule has 1 aliphatic rings. The lowest BCUT2D eigenvalue weighted by molar-refractivity contribution is 0.661. The minimum Gasteiger partial charge on any atom is -0.310 e. The highest BCUT2D eigenvalue weighted by Crippen LogP contribution is 2.56. The van der Waals surface area contributed by atoms with Gasteiger partial charge in [-0.25, -0.2) is 0 Å². The summed E-state index contributed by atoms with van der Waals surface area (Å²) in [6.45, 7) is 4.80. The van der Waals surface area contributed by atoms with Gasteiger partial charge in [0.15, 0.2) is 0 Å². The molecule has 1 nitrogen and oxygen atoms in total. The largest absolute Gasteiger partial charge is 0.310 e. The smallest absolute Gasteiger partial charge is 0.0540 e. The van der Waals surface area contributed by atoms with Crippen molar-refractivity contribution in [3.63, 3.8) is 0 Å². The van der Waals surface area contributed by atoms with Crippen LogP contribution >= 0.6 is 0 Å². The molecule has 9 aromatic carbocycles. The maximum atomic E-state index is 2.52. The monoisotopic (exact) mass is 663 g/mol. The number of nitrogens with zero attached hydrogens (tertiary/aromatic N) is 1. The number of fused-ring (bicyclic) bond motifs is 7. The molecule has 0 saturated heterocycles. The van der Waals surface area contributed by atoms with Gasteiger partial charge in [-0.2, -0.15) is 0 Å². The third-order valence-electron chi connectivity index (χ3n) is 11.2. The Morgan fingerprint density at radius 1 is 0.404 bits per heavy atom. The molecule has 52 heavy (non-hydrogen) atoms. The minimum atomic E-state index is -0.216. The zero-order valence-corrected chi connectivity index (χ0v) is 29.3. The van der Waals surface area contributed by atoms with Crippen LogP contribution in [0.2, 0.25) is 0 Å². The van der Waals surface area contributed by atoms with E-state index in [0.29, 0.717) is 0 Å². The summed E-state index contributed by atoms with van der Waals surface area (Å²) in [5.41, 5.74) is 13.6. The van der Waals surface area contributed by atoms with E-state index in [9.17, 15) is 0 Å². The van der Waals surface area contributed by atoms with Gasteiger partial charge in [-0.05, 0) is 95.7 Å². The van der Waals surface area contributed by atoms with E-state index in [4.69, 9.17) is 0 Å². The van der Waals surface area contributed by atoms with E-state index in [0.717, 1.165) is 5.69 Å². The molecule has 0 heterocycles. The van der Waals surface area contributed by atoms with Crippen LogP contribution in [0.3, 0.4) is 0 Å². The van der Waals surface area contributed by atoms with E-state index in [1.807, 2.05) is 0 Å². The summed E-state index contributed by atoms with van der Waals surface area (Å²) < 4.78 is 0. The van der Waals surface area contributed by atoms with E-state index in [1.54, 1.807) is 0 Å². The second kappa shape index (κ2) is 11.8. The van der Waals surface area contributed by atoms with Crippen LogP contribution in [0.25, 0.3) is 65.7 Å². The summed E-state index contributed by atoms with van der Waals surface area (Å²) in [5.74, 6) is 0. The maximum absolute atomic E-state index is 2.52. The molecule has 0 aliphatic heterocycles. The second-order valence-corrected chi connectivity index (χ2v) is 14.5. The standard InChI is InChI=1S/C51H37N/c1-51(2)45-32-31-36-18-7-9-25-42(36)49(45)44-28-14-30-47(50(44)51)52(46-29-13-19-34-17-6-8-24-40(34)46)39-23-10-22-38(33-39)43-27-12-21-37-20-11-26-41(48(37)43)35-15-4-3-5-16-35/h3-33H,1-2H3. The van der Waals surface area contributed by atoms with Gasteiger partial charge in [0.1, 0.15) is 0 Å². The third-order valence-corrected chi connectivity index (χ3v) is 11.2. The Morgan fingerprint density at radius 3 is 1.77 bits per heavy atom. The molecule has 0 unspecified atom stereocenters. The van der Waals surface area contributed by atoms with Gasteiger partial charge >= 0.3 is 0 Å². The summed E-state index contributed by atoms with van der Waals surface area (Å²) in [7, 11) is 0. The molecule has 0 amide bonds. The molecule has 246 valence electrons. The fraction of sp³-hybridized carbons (Fsp3) is 0.0588. The molecule has 0 spiro atoms. The fourth-order valence-corrected chi connectivity index (χ4v) is 8.87. The van der Waals surface area contributed by atoms with Crippen LogP contribution in [-0.2, 0) is 5.41 Å². The lowest BCUT2D eigenvalue weighted by atomic mass is 9.81. The summed E-state index contributed by atoms with van der Waals surface area (Å²) in [6, 6.07) is 69.1. The first-order valence-corrected chi connectivity index (χ1v) is 18.2. The average molecular weight is 664 g/mol. The Bertz CT molecular complexity index is 2820. The van der Waals surface area contributed by atoms with Crippen molar-refractivity contribution >= 4 is 49.4 Å². The van der Waals surface area contributed by atoms with Crippen LogP contribution < -0.4 is 4.90 Å². The molecule has 0 atom stereocenters. The summed E-state index contributed by atoms with van der Waals surface area (Å²) >= 11 is 0. The Labute approximate surface area is 305 Å². The Hall–Kier alpha value is -6.44. The molecule has 0 radical (unpaired) electrons. The summed E-state index contributed by atoms with van der Waals surface area (Å²) in [4.78, 5) is 2.52. The van der Waals surface area contributed by atoms with Crippen LogP contribution in [-0.4, -0.2) is 0 Å². The molecule has 10 rings (SSSR count). The van der Waals surface area contributed by atoms with Gasteiger partial charge in [0.25, 0.3) is 0 Å². The molecule has 0 bridgehead atoms. The highest BCUT2D eigenvalue weighted by atomic mass is 15.1. The number of benzene rings is 9. The van der Waals surface area contributed by atoms with Gasteiger partial charge in [0, 0.05) is 16.5 Å². The van der Waals surface area contributed by atoms with Crippen molar-refractivity contribution in [3.8, 4) is 33.4 Å². The lowest BCUT2D eigenvalue weighted by Gasteiger charge is -2.33. The van der Waals surface area contributed by atoms with Crippen LogP contribution in [0, 0.1) is 0 Å². The molecule has 0 N–H and O–H groups in total. The van der Waals surface area contributed by atoms with E-state index in [1.165, 1.54) is 88.2 Å². The number of rotatable bonds is 5. The first-order chi connectivity index (χ1) is 25.6. The first kappa shape index (κ1) is 30.4. The van der Waals surface area contributed by atoms with Gasteiger partial charge in [0.2, 0.25) is 0 Å². The molecule has 1 heteroatoms. The van der Waals surface area contributed by atoms with Gasteiger partial charge < -0.3 is 4.90 Å². The maximum Gasteiger partial charge on any atom is 0.0540 e. The topological polar surface area (TPSA) is 3.24 Å². The van der Waals surface area contributed by atoms with Crippen LogP contribution in [0.1, 0.15) is 25.0 Å². The normalized spacial score (nSPS) is 13.0. The molecule has 0 aromatic heterocycles. The van der Waals surface area contributed by atoms with Crippen molar-refractivity contribution in [2.24, 2.45) is 0 Å². The molecule has 9 aromatic rings. The lowest BCUT2D eigenvalue weighted by Crippen LogP contribution is -2.20. The van der Waals surface area contributed by atoms with Crippen LogP contribution in [0.5, 0.6) is 0 Å². The molecular formula is C51H37N. The second-order valence-electron chi connectivity index (χ2n) is 14.5. The van der Waals surface area contributed by atoms with Gasteiger partial charge in [-0.1, -0.05) is 178 Å². The highest BCUT2D eigenvalue weighted by molar-refractivity contribution is 6.08. The van der Waals surface area contributed by atoms with E-state index in [2.05, 4.69) is 207 Å². The van der Waals surface area contributed by atoms with Gasteiger partial charge in [0.05, 0.1) is 11.4 Å². The third kappa shape index (κ3) is 4.63. The molecule has 0 fully saturated rings. The van der Waals surface area contributed by atoms with Crippen molar-refractivity contribution in [2.75, 3.05) is 4.90 Å². The van der Waals surface area contributed by atoms with E-state index in [-0.39, 0.29) is 5.41 Å². The van der Waals surface area contributed by atoms with Crippen molar-refractivity contribution < 1.29 is 0 Å². The summed E-state index contributed by atoms with van der Waals surface area (Å²) in [5, 5.41) is 7.55. The van der Waals surface area contributed by atoms with Gasteiger partial charge in [-0.3, -0.25) is 0 Å². The zero-order chi connectivity index (χ0) is 34.8. The first-order valence-electron chi connectivity index (χ1n) is 18.2. The van der Waals surface area contributed by atoms with Crippen LogP contribution in [0.4, 0.5) is 17.1 Å². The number of hydrogen-bond acceptors (Lipinski definition) is 1. The number of hydrogen-bond donors (Lipinski definition) is 0. The Balaban J connectivity index is 1.24.